The zero-order chi connectivity index (χ0) is 14.2. The highest BCUT2D eigenvalue weighted by Crippen LogP contribution is 2.36. The second-order valence-corrected chi connectivity index (χ2v) is 5.98. The highest BCUT2D eigenvalue weighted by atomic mass is 79.9. The number of nitrogens with two attached hydrogens (primary N) is 1. The quantitative estimate of drug-likeness (QED) is 0.877. The van der Waals surface area contributed by atoms with Gasteiger partial charge in [-0.2, -0.15) is 13.2 Å². The summed E-state index contributed by atoms with van der Waals surface area (Å²) < 4.78 is 38.3. The summed E-state index contributed by atoms with van der Waals surface area (Å²) in [7, 11) is 0. The number of alkyl halides is 3. The second-order valence-electron chi connectivity index (χ2n) is 4.07. The Morgan fingerprint density at radius 3 is 2.63 bits per heavy atom. The molecule has 7 heteroatoms. The van der Waals surface area contributed by atoms with Crippen molar-refractivity contribution in [2.45, 2.75) is 19.1 Å². The van der Waals surface area contributed by atoms with Crippen LogP contribution in [0.5, 0.6) is 0 Å². The minimum absolute atomic E-state index is 0.388. The van der Waals surface area contributed by atoms with Crippen molar-refractivity contribution in [3.8, 4) is 0 Å². The van der Waals surface area contributed by atoms with Crippen LogP contribution in [0.1, 0.15) is 27.1 Å². The van der Waals surface area contributed by atoms with Crippen LogP contribution in [0.15, 0.2) is 28.9 Å². The molecule has 102 valence electrons. The Morgan fingerprint density at radius 1 is 1.37 bits per heavy atom. The molecule has 2 aromatic rings. The van der Waals surface area contributed by atoms with E-state index in [1.54, 1.807) is 0 Å². The first-order valence-corrected chi connectivity index (χ1v) is 6.94. The number of aromatic nitrogens is 1. The monoisotopic (exact) mass is 350 g/mol. The number of benzene rings is 1. The largest absolute Gasteiger partial charge is 0.443 e. The van der Waals surface area contributed by atoms with Crippen LogP contribution in [0.4, 0.5) is 13.2 Å². The molecule has 0 saturated heterocycles. The van der Waals surface area contributed by atoms with Crippen LogP contribution in [-0.2, 0) is 6.18 Å². The summed E-state index contributed by atoms with van der Waals surface area (Å²) >= 11 is 3.93. The van der Waals surface area contributed by atoms with Crippen molar-refractivity contribution in [1.29, 1.82) is 0 Å². The number of thiazole rings is 1. The maximum absolute atomic E-state index is 12.5. The predicted molar refractivity (Wildman–Crippen MR) is 72.0 cm³/mol. The van der Waals surface area contributed by atoms with Crippen LogP contribution in [0, 0.1) is 6.92 Å². The van der Waals surface area contributed by atoms with Gasteiger partial charge in [0.2, 0.25) is 0 Å². The Hall–Kier alpha value is -0.920. The standard InChI is InChI=1S/C12H10BrF3N2S/c1-6-2-3-8(13)7(4-6)10(17)9-5-18-11(19-9)12(14,15)16/h2-5,10H,17H2,1H3. The van der Waals surface area contributed by atoms with Crippen molar-refractivity contribution in [2.24, 2.45) is 5.73 Å². The second kappa shape index (κ2) is 5.22. The van der Waals surface area contributed by atoms with Gasteiger partial charge >= 0.3 is 6.18 Å². The number of nitrogens with zero attached hydrogens (tertiary/aromatic N) is 1. The molecule has 0 bridgehead atoms. The lowest BCUT2D eigenvalue weighted by Gasteiger charge is -2.12. The molecule has 1 heterocycles. The molecule has 0 aliphatic rings. The average molecular weight is 351 g/mol. The predicted octanol–water partition coefficient (Wildman–Crippen LogP) is 4.28. The molecule has 19 heavy (non-hydrogen) atoms. The van der Waals surface area contributed by atoms with Gasteiger partial charge in [-0.1, -0.05) is 33.6 Å². The van der Waals surface area contributed by atoms with E-state index in [-0.39, 0.29) is 0 Å². The van der Waals surface area contributed by atoms with Gasteiger partial charge < -0.3 is 5.73 Å². The third-order valence-corrected chi connectivity index (χ3v) is 4.41. The highest BCUT2D eigenvalue weighted by molar-refractivity contribution is 9.10. The topological polar surface area (TPSA) is 38.9 Å². The van der Waals surface area contributed by atoms with Crippen molar-refractivity contribution in [3.05, 3.63) is 49.9 Å². The van der Waals surface area contributed by atoms with Crippen molar-refractivity contribution >= 4 is 27.3 Å². The van der Waals surface area contributed by atoms with Gasteiger partial charge in [0.1, 0.15) is 0 Å². The van der Waals surface area contributed by atoms with E-state index in [9.17, 15) is 13.2 Å². The molecule has 1 unspecified atom stereocenters. The third-order valence-electron chi connectivity index (χ3n) is 2.56. The van der Waals surface area contributed by atoms with E-state index in [0.29, 0.717) is 16.2 Å². The fourth-order valence-corrected chi connectivity index (χ4v) is 2.91. The average Bonchev–Trinajstić information content (AvgIpc) is 2.80. The number of rotatable bonds is 2. The van der Waals surface area contributed by atoms with Crippen molar-refractivity contribution < 1.29 is 13.2 Å². The summed E-state index contributed by atoms with van der Waals surface area (Å²) in [6.07, 6.45) is -3.24. The van der Waals surface area contributed by atoms with E-state index >= 15 is 0 Å². The van der Waals surface area contributed by atoms with Gasteiger partial charge in [0.05, 0.1) is 6.04 Å². The lowest BCUT2D eigenvalue weighted by atomic mass is 10.0. The molecular formula is C12H10BrF3N2S. The van der Waals surface area contributed by atoms with Crippen LogP contribution < -0.4 is 5.73 Å². The maximum atomic E-state index is 12.5. The minimum Gasteiger partial charge on any atom is -0.320 e. The first-order chi connectivity index (χ1) is 8.79. The maximum Gasteiger partial charge on any atom is 0.443 e. The van der Waals surface area contributed by atoms with Gasteiger partial charge in [-0.3, -0.25) is 0 Å². The number of halogens is 4. The molecule has 0 radical (unpaired) electrons. The summed E-state index contributed by atoms with van der Waals surface area (Å²) in [6.45, 7) is 1.90. The van der Waals surface area contributed by atoms with Gasteiger partial charge in [-0.25, -0.2) is 4.98 Å². The number of hydrogen-bond acceptors (Lipinski definition) is 3. The Bertz CT molecular complexity index is 595. The molecule has 0 saturated carbocycles. The zero-order valence-electron chi connectivity index (χ0n) is 9.83. The Balaban J connectivity index is 2.36. The molecule has 0 aliphatic carbocycles. The molecule has 0 fully saturated rings. The van der Waals surface area contributed by atoms with Gasteiger partial charge in [0.25, 0.3) is 0 Å². The molecule has 0 amide bonds. The van der Waals surface area contributed by atoms with E-state index in [2.05, 4.69) is 20.9 Å². The smallest absolute Gasteiger partial charge is 0.320 e. The van der Waals surface area contributed by atoms with E-state index < -0.39 is 17.2 Å². The first kappa shape index (κ1) is 14.5. The lowest BCUT2D eigenvalue weighted by Crippen LogP contribution is -2.11. The summed E-state index contributed by atoms with van der Waals surface area (Å²) in [5, 5.41) is -0.873. The SMILES string of the molecule is Cc1ccc(Br)c(C(N)c2cnc(C(F)(F)F)s2)c1. The molecule has 2 nitrogen and oxygen atoms in total. The van der Waals surface area contributed by atoms with E-state index in [0.717, 1.165) is 15.6 Å². The molecule has 1 aromatic heterocycles. The summed E-state index contributed by atoms with van der Waals surface area (Å²) in [5.74, 6) is 0. The van der Waals surface area contributed by atoms with Crippen molar-refractivity contribution in [2.75, 3.05) is 0 Å². The van der Waals surface area contributed by atoms with Crippen LogP contribution in [-0.4, -0.2) is 4.98 Å². The van der Waals surface area contributed by atoms with Crippen LogP contribution >= 0.6 is 27.3 Å². The van der Waals surface area contributed by atoms with Gasteiger partial charge in [-0.05, 0) is 18.6 Å². The Labute approximate surface area is 120 Å². The van der Waals surface area contributed by atoms with Crippen LogP contribution in [0.2, 0.25) is 0 Å². The normalized spacial score (nSPS) is 13.6. The van der Waals surface area contributed by atoms with E-state index in [1.165, 1.54) is 6.20 Å². The fourth-order valence-electron chi connectivity index (χ4n) is 1.62. The van der Waals surface area contributed by atoms with Gasteiger partial charge in [-0.15, -0.1) is 11.3 Å². The zero-order valence-corrected chi connectivity index (χ0v) is 12.2. The third kappa shape index (κ3) is 3.16. The fraction of sp³-hybridized carbons (Fsp3) is 0.250. The van der Waals surface area contributed by atoms with Crippen molar-refractivity contribution in [1.82, 2.24) is 4.98 Å². The molecule has 0 aliphatic heterocycles. The van der Waals surface area contributed by atoms with E-state index in [4.69, 9.17) is 5.73 Å². The molecular weight excluding hydrogens is 341 g/mol. The number of hydrogen-bond donors (Lipinski definition) is 1. The van der Waals surface area contributed by atoms with Gasteiger partial charge in [0.15, 0.2) is 5.01 Å². The summed E-state index contributed by atoms with van der Waals surface area (Å²) in [4.78, 5) is 3.77. The summed E-state index contributed by atoms with van der Waals surface area (Å²) in [6, 6.07) is 4.95. The molecule has 2 rings (SSSR count). The Kier molecular flexibility index (Phi) is 3.98. The minimum atomic E-state index is -4.42. The summed E-state index contributed by atoms with van der Waals surface area (Å²) in [5.41, 5.74) is 7.76. The Morgan fingerprint density at radius 2 is 2.05 bits per heavy atom. The highest BCUT2D eigenvalue weighted by Gasteiger charge is 2.35. The van der Waals surface area contributed by atoms with E-state index in [1.807, 2.05) is 25.1 Å². The molecule has 2 N–H and O–H groups in total. The first-order valence-electron chi connectivity index (χ1n) is 5.33. The van der Waals surface area contributed by atoms with Gasteiger partial charge in [0, 0.05) is 15.5 Å². The van der Waals surface area contributed by atoms with Crippen molar-refractivity contribution in [3.63, 3.8) is 0 Å². The number of aryl methyl sites for hydroxylation is 1. The lowest BCUT2D eigenvalue weighted by molar-refractivity contribution is -0.137. The molecule has 1 aromatic carbocycles. The van der Waals surface area contributed by atoms with Crippen LogP contribution in [0.3, 0.4) is 0 Å². The van der Waals surface area contributed by atoms with Crippen LogP contribution in [0.25, 0.3) is 0 Å². The molecule has 0 spiro atoms. The molecule has 1 atom stereocenters.